The van der Waals surface area contributed by atoms with Crippen LogP contribution in [-0.2, 0) is 16.2 Å². The average Bonchev–Trinajstić information content (AvgIpc) is 3.58. The highest BCUT2D eigenvalue weighted by molar-refractivity contribution is 6.13. The van der Waals surface area contributed by atoms with Gasteiger partial charge < -0.3 is 0 Å². The van der Waals surface area contributed by atoms with Gasteiger partial charge in [0, 0.05) is 16.7 Å². The summed E-state index contributed by atoms with van der Waals surface area (Å²) in [6, 6.07) is 64.1. The van der Waals surface area contributed by atoms with Crippen molar-refractivity contribution in [1.82, 2.24) is 15.0 Å². The van der Waals surface area contributed by atoms with Gasteiger partial charge in [-0.3, -0.25) is 0 Å². The molecule has 284 valence electrons. The molecule has 0 unspecified atom stereocenters. The number of benzene rings is 8. The topological polar surface area (TPSA) is 38.7 Å². The van der Waals surface area contributed by atoms with Crippen molar-refractivity contribution in [3.05, 3.63) is 209 Å². The molecule has 8 aromatic carbocycles. The molecule has 0 bridgehead atoms. The SMILES string of the molecule is CC1(C)CCC(C)(C)c2cc(-c3nc(-c4ccc5c(c4)C(c4ccccc4)(c4ccccc4)c4ccccc4-5)nc(-c4cc5ccccc5c5ccccc45)n3)ccc21. The molecular weight excluding hydrogens is 715 g/mol. The van der Waals surface area contributed by atoms with E-state index in [4.69, 9.17) is 15.0 Å². The highest BCUT2D eigenvalue weighted by atomic mass is 15.0. The zero-order chi connectivity index (χ0) is 39.9. The van der Waals surface area contributed by atoms with Crippen molar-refractivity contribution in [3.63, 3.8) is 0 Å². The number of hydrogen-bond acceptors (Lipinski definition) is 3. The predicted octanol–water partition coefficient (Wildman–Crippen LogP) is 13.9. The Hall–Kier alpha value is -6.71. The van der Waals surface area contributed by atoms with Crippen LogP contribution in [0.3, 0.4) is 0 Å². The molecule has 1 aromatic heterocycles. The Morgan fingerprint density at radius 2 is 0.864 bits per heavy atom. The maximum Gasteiger partial charge on any atom is 0.164 e. The third kappa shape index (κ3) is 5.44. The van der Waals surface area contributed by atoms with Crippen molar-refractivity contribution >= 4 is 21.5 Å². The first kappa shape index (κ1) is 35.5. The van der Waals surface area contributed by atoms with Gasteiger partial charge in [-0.15, -0.1) is 0 Å². The van der Waals surface area contributed by atoms with E-state index in [2.05, 4.69) is 204 Å². The normalized spacial score (nSPS) is 15.7. The molecule has 3 nitrogen and oxygen atoms in total. The van der Waals surface area contributed by atoms with Crippen LogP contribution in [-0.4, -0.2) is 15.0 Å². The summed E-state index contributed by atoms with van der Waals surface area (Å²) in [5, 5.41) is 4.69. The van der Waals surface area contributed by atoms with Crippen molar-refractivity contribution in [2.75, 3.05) is 0 Å². The summed E-state index contributed by atoms with van der Waals surface area (Å²) in [6.45, 7) is 9.51. The fourth-order valence-electron chi connectivity index (χ4n) is 10.3. The first-order valence-corrected chi connectivity index (χ1v) is 20.9. The van der Waals surface area contributed by atoms with E-state index < -0.39 is 5.41 Å². The van der Waals surface area contributed by atoms with Gasteiger partial charge in [0.2, 0.25) is 0 Å². The summed E-state index contributed by atoms with van der Waals surface area (Å²) >= 11 is 0. The summed E-state index contributed by atoms with van der Waals surface area (Å²) in [6.07, 6.45) is 2.30. The molecule has 3 heteroatoms. The van der Waals surface area contributed by atoms with Gasteiger partial charge in [-0.05, 0) is 108 Å². The molecule has 0 aliphatic heterocycles. The molecular formula is C56H45N3. The molecule has 11 rings (SSSR count). The fourth-order valence-corrected chi connectivity index (χ4v) is 10.3. The number of aromatic nitrogens is 3. The van der Waals surface area contributed by atoms with Crippen LogP contribution in [0.1, 0.15) is 73.9 Å². The smallest absolute Gasteiger partial charge is 0.164 e. The largest absolute Gasteiger partial charge is 0.208 e. The summed E-state index contributed by atoms with van der Waals surface area (Å²) in [5.41, 5.74) is 12.8. The molecule has 0 atom stereocenters. The average molecular weight is 760 g/mol. The van der Waals surface area contributed by atoms with E-state index in [9.17, 15) is 0 Å². The van der Waals surface area contributed by atoms with E-state index in [1.165, 1.54) is 55.3 Å². The molecule has 0 amide bonds. The van der Waals surface area contributed by atoms with Crippen LogP contribution in [0.25, 0.3) is 66.8 Å². The summed E-state index contributed by atoms with van der Waals surface area (Å²) < 4.78 is 0. The van der Waals surface area contributed by atoms with Gasteiger partial charge >= 0.3 is 0 Å². The zero-order valence-electron chi connectivity index (χ0n) is 34.0. The molecule has 0 fully saturated rings. The van der Waals surface area contributed by atoms with Gasteiger partial charge in [0.25, 0.3) is 0 Å². The lowest BCUT2D eigenvalue weighted by atomic mass is 9.63. The molecule has 0 saturated heterocycles. The minimum Gasteiger partial charge on any atom is -0.208 e. The second-order valence-corrected chi connectivity index (χ2v) is 17.8. The molecule has 0 radical (unpaired) electrons. The Bertz CT molecular complexity index is 3070. The molecule has 9 aromatic rings. The van der Waals surface area contributed by atoms with Crippen molar-refractivity contribution in [3.8, 4) is 45.3 Å². The summed E-state index contributed by atoms with van der Waals surface area (Å²) in [4.78, 5) is 16.3. The monoisotopic (exact) mass is 759 g/mol. The quantitative estimate of drug-likeness (QED) is 0.164. The van der Waals surface area contributed by atoms with Crippen LogP contribution in [0.15, 0.2) is 176 Å². The number of hydrogen-bond donors (Lipinski definition) is 0. The molecule has 1 heterocycles. The summed E-state index contributed by atoms with van der Waals surface area (Å²) in [5.74, 6) is 2.02. The molecule has 0 spiro atoms. The Kier molecular flexibility index (Phi) is 7.91. The minimum absolute atomic E-state index is 0.0430. The van der Waals surface area contributed by atoms with E-state index in [0.717, 1.165) is 40.3 Å². The zero-order valence-corrected chi connectivity index (χ0v) is 34.0. The van der Waals surface area contributed by atoms with Crippen LogP contribution >= 0.6 is 0 Å². The highest BCUT2D eigenvalue weighted by Gasteiger charge is 2.46. The summed E-state index contributed by atoms with van der Waals surface area (Å²) in [7, 11) is 0. The standard InChI is InChI=1S/C56H45N3/c1-54(2)31-32-55(3,4)50-35-38(28-30-48(50)54)52-57-51(58-53(59-52)46-33-36-17-11-12-22-41(36)42-23-13-14-24-43(42)46)37-27-29-45-44-25-15-16-26-47(44)56(49(45)34-37,39-18-7-5-8-19-39)40-20-9-6-10-21-40/h5-30,33-35H,31-32H2,1-4H3. The third-order valence-corrected chi connectivity index (χ3v) is 13.5. The van der Waals surface area contributed by atoms with Crippen molar-refractivity contribution in [2.45, 2.75) is 56.8 Å². The Balaban J connectivity index is 1.19. The van der Waals surface area contributed by atoms with Gasteiger partial charge in [0.15, 0.2) is 17.5 Å². The van der Waals surface area contributed by atoms with Gasteiger partial charge in [0.05, 0.1) is 5.41 Å². The molecule has 59 heavy (non-hydrogen) atoms. The first-order valence-electron chi connectivity index (χ1n) is 20.9. The van der Waals surface area contributed by atoms with E-state index in [1.54, 1.807) is 0 Å². The van der Waals surface area contributed by atoms with E-state index in [1.807, 2.05) is 0 Å². The lowest BCUT2D eigenvalue weighted by Crippen LogP contribution is -2.33. The highest BCUT2D eigenvalue weighted by Crippen LogP contribution is 2.56. The Labute approximate surface area is 346 Å². The minimum atomic E-state index is -0.533. The molecule has 0 saturated carbocycles. The lowest BCUT2D eigenvalue weighted by Gasteiger charge is -2.42. The first-order chi connectivity index (χ1) is 28.7. The van der Waals surface area contributed by atoms with Crippen molar-refractivity contribution in [2.24, 2.45) is 0 Å². The lowest BCUT2D eigenvalue weighted by molar-refractivity contribution is 0.332. The van der Waals surface area contributed by atoms with Gasteiger partial charge in [-0.1, -0.05) is 185 Å². The maximum absolute atomic E-state index is 5.44. The Morgan fingerprint density at radius 1 is 0.356 bits per heavy atom. The number of nitrogens with zero attached hydrogens (tertiary/aromatic N) is 3. The van der Waals surface area contributed by atoms with Gasteiger partial charge in [-0.2, -0.15) is 0 Å². The van der Waals surface area contributed by atoms with Crippen LogP contribution in [0.2, 0.25) is 0 Å². The fraction of sp³-hybridized carbons (Fsp3) is 0.161. The molecule has 0 N–H and O–H groups in total. The van der Waals surface area contributed by atoms with Crippen LogP contribution in [0, 0.1) is 0 Å². The predicted molar refractivity (Wildman–Crippen MR) is 244 cm³/mol. The third-order valence-electron chi connectivity index (χ3n) is 13.5. The number of rotatable bonds is 5. The Morgan fingerprint density at radius 3 is 1.56 bits per heavy atom. The van der Waals surface area contributed by atoms with Gasteiger partial charge in [0.1, 0.15) is 0 Å². The van der Waals surface area contributed by atoms with Crippen LogP contribution in [0.4, 0.5) is 0 Å². The number of fused-ring (bicyclic) bond motifs is 7. The van der Waals surface area contributed by atoms with Crippen molar-refractivity contribution < 1.29 is 0 Å². The molecule has 2 aliphatic carbocycles. The van der Waals surface area contributed by atoms with E-state index >= 15 is 0 Å². The van der Waals surface area contributed by atoms with E-state index in [0.29, 0.717) is 17.5 Å². The van der Waals surface area contributed by atoms with E-state index in [-0.39, 0.29) is 10.8 Å². The molecule has 2 aliphatic rings. The van der Waals surface area contributed by atoms with Crippen molar-refractivity contribution in [1.29, 1.82) is 0 Å². The van der Waals surface area contributed by atoms with Gasteiger partial charge in [-0.25, -0.2) is 15.0 Å². The second-order valence-electron chi connectivity index (χ2n) is 17.8. The maximum atomic E-state index is 5.44. The van der Waals surface area contributed by atoms with Crippen LogP contribution in [0.5, 0.6) is 0 Å². The van der Waals surface area contributed by atoms with Crippen LogP contribution < -0.4 is 0 Å². The second kappa shape index (κ2) is 13.2.